The molecule has 1 aliphatic heterocycles. The summed E-state index contributed by atoms with van der Waals surface area (Å²) < 4.78 is 7.28. The molecule has 0 amide bonds. The minimum atomic E-state index is -0.393. The Hall–Kier alpha value is -0.540. The first kappa shape index (κ1) is 12.5. The van der Waals surface area contributed by atoms with Crippen molar-refractivity contribution in [2.24, 2.45) is 5.41 Å². The molecule has 0 radical (unpaired) electrons. The highest BCUT2D eigenvalue weighted by Crippen LogP contribution is 2.53. The Bertz CT molecular complexity index is 483. The highest BCUT2D eigenvalue weighted by Gasteiger charge is 2.48. The van der Waals surface area contributed by atoms with E-state index in [1.165, 1.54) is 6.42 Å². The average Bonchev–Trinajstić information content (AvgIpc) is 2.53. The van der Waals surface area contributed by atoms with Crippen LogP contribution in [0.1, 0.15) is 51.2 Å². The minimum absolute atomic E-state index is 0.156. The van der Waals surface area contributed by atoms with Gasteiger partial charge in [0, 0.05) is 16.5 Å². The van der Waals surface area contributed by atoms with Gasteiger partial charge in [-0.3, -0.25) is 0 Å². The first-order chi connectivity index (χ1) is 8.39. The van der Waals surface area contributed by atoms with Crippen molar-refractivity contribution in [2.45, 2.75) is 51.2 Å². The summed E-state index contributed by atoms with van der Waals surface area (Å²) in [5.74, 6) is 0.848. The van der Waals surface area contributed by atoms with Gasteiger partial charge in [-0.15, -0.1) is 0 Å². The molecule has 0 aromatic heterocycles. The van der Waals surface area contributed by atoms with Crippen molar-refractivity contribution < 1.29 is 9.84 Å². The second-order valence-electron chi connectivity index (χ2n) is 6.53. The van der Waals surface area contributed by atoms with Gasteiger partial charge in [-0.1, -0.05) is 35.8 Å². The maximum atomic E-state index is 10.4. The van der Waals surface area contributed by atoms with Gasteiger partial charge in [-0.25, -0.2) is 0 Å². The highest BCUT2D eigenvalue weighted by atomic mass is 79.9. The van der Waals surface area contributed by atoms with E-state index in [9.17, 15) is 5.11 Å². The zero-order valence-corrected chi connectivity index (χ0v) is 12.5. The van der Waals surface area contributed by atoms with Crippen LogP contribution in [0.2, 0.25) is 0 Å². The van der Waals surface area contributed by atoms with Crippen molar-refractivity contribution >= 4 is 15.9 Å². The third-order valence-electron chi connectivity index (χ3n) is 4.28. The molecular formula is C15H19BrO2. The number of hydrogen-bond donors (Lipinski definition) is 1. The van der Waals surface area contributed by atoms with E-state index in [0.29, 0.717) is 5.41 Å². The van der Waals surface area contributed by atoms with Crippen LogP contribution in [0.3, 0.4) is 0 Å². The van der Waals surface area contributed by atoms with Gasteiger partial charge in [-0.05, 0) is 36.8 Å². The number of halogens is 1. The minimum Gasteiger partial charge on any atom is -0.487 e. The summed E-state index contributed by atoms with van der Waals surface area (Å²) >= 11 is 3.47. The van der Waals surface area contributed by atoms with Crippen molar-refractivity contribution in [1.29, 1.82) is 0 Å². The molecule has 2 aliphatic rings. The van der Waals surface area contributed by atoms with E-state index in [0.717, 1.165) is 35.0 Å². The molecule has 1 aromatic rings. The van der Waals surface area contributed by atoms with Gasteiger partial charge in [0.25, 0.3) is 0 Å². The standard InChI is InChI=1S/C15H19BrO2/c1-14(2)5-6-15(9-14)8-12(17)11-4-3-10(16)7-13(11)18-15/h3-4,7,12,17H,5-6,8-9H2,1-2H3/t12-,15?/m1/s1. The van der Waals surface area contributed by atoms with Crippen molar-refractivity contribution in [3.05, 3.63) is 28.2 Å². The summed E-state index contributed by atoms with van der Waals surface area (Å²) in [5.41, 5.74) is 1.09. The molecule has 1 spiro atoms. The van der Waals surface area contributed by atoms with Crippen LogP contribution in [0, 0.1) is 5.41 Å². The van der Waals surface area contributed by atoms with Crippen molar-refractivity contribution in [1.82, 2.24) is 0 Å². The molecule has 98 valence electrons. The molecule has 2 atom stereocenters. The maximum absolute atomic E-state index is 10.4. The zero-order valence-electron chi connectivity index (χ0n) is 10.9. The lowest BCUT2D eigenvalue weighted by Gasteiger charge is -2.39. The number of aliphatic hydroxyl groups is 1. The van der Waals surface area contributed by atoms with E-state index < -0.39 is 6.10 Å². The molecular weight excluding hydrogens is 292 g/mol. The Morgan fingerprint density at radius 2 is 2.11 bits per heavy atom. The molecule has 1 unspecified atom stereocenters. The number of fused-ring (bicyclic) bond motifs is 1. The Labute approximate surface area is 116 Å². The van der Waals surface area contributed by atoms with E-state index in [-0.39, 0.29) is 5.60 Å². The SMILES string of the molecule is CC1(C)CCC2(C[C@@H](O)c3ccc(Br)cc3O2)C1. The Kier molecular flexibility index (Phi) is 2.76. The molecule has 1 aromatic carbocycles. The Balaban J connectivity index is 1.96. The van der Waals surface area contributed by atoms with E-state index in [4.69, 9.17) is 4.74 Å². The molecule has 1 N–H and O–H groups in total. The van der Waals surface area contributed by atoms with E-state index in [1.807, 2.05) is 18.2 Å². The summed E-state index contributed by atoms with van der Waals surface area (Å²) in [5, 5.41) is 10.4. The lowest BCUT2D eigenvalue weighted by molar-refractivity contribution is -0.0155. The van der Waals surface area contributed by atoms with Gasteiger partial charge in [0.2, 0.25) is 0 Å². The van der Waals surface area contributed by atoms with Gasteiger partial charge < -0.3 is 9.84 Å². The predicted octanol–water partition coefficient (Wildman–Crippen LogP) is 4.21. The topological polar surface area (TPSA) is 29.5 Å². The van der Waals surface area contributed by atoms with Crippen molar-refractivity contribution in [3.8, 4) is 5.75 Å². The first-order valence-electron chi connectivity index (χ1n) is 6.56. The van der Waals surface area contributed by atoms with Gasteiger partial charge >= 0.3 is 0 Å². The largest absolute Gasteiger partial charge is 0.487 e. The average molecular weight is 311 g/mol. The molecule has 0 bridgehead atoms. The number of rotatable bonds is 0. The van der Waals surface area contributed by atoms with Crippen LogP contribution in [0.4, 0.5) is 0 Å². The summed E-state index contributed by atoms with van der Waals surface area (Å²) in [4.78, 5) is 0. The second-order valence-corrected chi connectivity index (χ2v) is 7.44. The maximum Gasteiger partial charge on any atom is 0.127 e. The molecule has 1 fully saturated rings. The Morgan fingerprint density at radius 1 is 1.33 bits per heavy atom. The number of benzene rings is 1. The van der Waals surface area contributed by atoms with Gasteiger partial charge in [-0.2, -0.15) is 0 Å². The normalized spacial score (nSPS) is 33.2. The number of aliphatic hydroxyl groups excluding tert-OH is 1. The fraction of sp³-hybridized carbons (Fsp3) is 0.600. The smallest absolute Gasteiger partial charge is 0.127 e. The van der Waals surface area contributed by atoms with E-state index in [1.54, 1.807) is 0 Å². The molecule has 0 saturated heterocycles. The fourth-order valence-corrected chi connectivity index (χ4v) is 3.83. The fourth-order valence-electron chi connectivity index (χ4n) is 3.49. The highest BCUT2D eigenvalue weighted by molar-refractivity contribution is 9.10. The summed E-state index contributed by atoms with van der Waals surface area (Å²) in [6, 6.07) is 5.89. The lowest BCUT2D eigenvalue weighted by atomic mass is 9.83. The van der Waals surface area contributed by atoms with Crippen molar-refractivity contribution in [2.75, 3.05) is 0 Å². The first-order valence-corrected chi connectivity index (χ1v) is 7.35. The van der Waals surface area contributed by atoms with Crippen LogP contribution < -0.4 is 4.74 Å². The number of hydrogen-bond acceptors (Lipinski definition) is 2. The van der Waals surface area contributed by atoms with Crippen molar-refractivity contribution in [3.63, 3.8) is 0 Å². The third kappa shape index (κ3) is 2.08. The zero-order chi connectivity index (χ0) is 13.0. The van der Waals surface area contributed by atoms with Crippen LogP contribution in [0.15, 0.2) is 22.7 Å². The van der Waals surface area contributed by atoms with E-state index >= 15 is 0 Å². The van der Waals surface area contributed by atoms with Gasteiger partial charge in [0.15, 0.2) is 0 Å². The quantitative estimate of drug-likeness (QED) is 0.777. The van der Waals surface area contributed by atoms with Crippen LogP contribution in [0.5, 0.6) is 5.75 Å². The molecule has 1 saturated carbocycles. The monoisotopic (exact) mass is 310 g/mol. The molecule has 1 aliphatic carbocycles. The van der Waals surface area contributed by atoms with Crippen LogP contribution in [0.25, 0.3) is 0 Å². The molecule has 18 heavy (non-hydrogen) atoms. The molecule has 1 heterocycles. The van der Waals surface area contributed by atoms with Crippen LogP contribution >= 0.6 is 15.9 Å². The van der Waals surface area contributed by atoms with Crippen LogP contribution in [-0.2, 0) is 0 Å². The molecule has 2 nitrogen and oxygen atoms in total. The van der Waals surface area contributed by atoms with Gasteiger partial charge in [0.1, 0.15) is 11.4 Å². The van der Waals surface area contributed by atoms with E-state index in [2.05, 4.69) is 29.8 Å². The van der Waals surface area contributed by atoms with Crippen LogP contribution in [-0.4, -0.2) is 10.7 Å². The lowest BCUT2D eigenvalue weighted by Crippen LogP contribution is -2.39. The second kappa shape index (κ2) is 3.97. The Morgan fingerprint density at radius 3 is 2.78 bits per heavy atom. The summed E-state index contributed by atoms with van der Waals surface area (Å²) in [7, 11) is 0. The predicted molar refractivity (Wildman–Crippen MR) is 74.7 cm³/mol. The summed E-state index contributed by atoms with van der Waals surface area (Å²) in [6.45, 7) is 4.57. The molecule has 3 heteroatoms. The van der Waals surface area contributed by atoms with Gasteiger partial charge in [0.05, 0.1) is 6.10 Å². The molecule has 3 rings (SSSR count). The third-order valence-corrected chi connectivity index (χ3v) is 4.78. The summed E-state index contributed by atoms with van der Waals surface area (Å²) in [6.07, 6.45) is 3.58. The number of ether oxygens (including phenoxy) is 1.